The Morgan fingerprint density at radius 2 is 2.21 bits per heavy atom. The zero-order chi connectivity index (χ0) is 14.0. The van der Waals surface area contributed by atoms with Gasteiger partial charge in [-0.2, -0.15) is 9.64 Å². The van der Waals surface area contributed by atoms with Gasteiger partial charge in [0.1, 0.15) is 11.6 Å². The van der Waals surface area contributed by atoms with Gasteiger partial charge in [-0.1, -0.05) is 23.2 Å². The van der Waals surface area contributed by atoms with Crippen LogP contribution in [0.15, 0.2) is 18.2 Å². The number of ether oxygens (including phenoxy) is 1. The second-order valence-electron chi connectivity index (χ2n) is 3.22. The monoisotopic (exact) mass is 315 g/mol. The van der Waals surface area contributed by atoms with Gasteiger partial charge in [-0.3, -0.25) is 10.1 Å². The maximum atomic E-state index is 10.9. The zero-order valence-electron chi connectivity index (χ0n) is 8.96. The van der Waals surface area contributed by atoms with E-state index in [0.717, 1.165) is 17.6 Å². The molecular formula is C10H3Cl2N3O3S. The maximum Gasteiger partial charge on any atom is 0.313 e. The standard InChI is InChI=1S/C10H3Cl2N3O3S/c11-5-1-2-8(7(3-5)15(16)17)18-10-6(4-13)9(12)14-19-10/h1-3H. The van der Waals surface area contributed by atoms with E-state index in [1.807, 2.05) is 6.07 Å². The zero-order valence-corrected chi connectivity index (χ0v) is 11.3. The molecule has 0 saturated carbocycles. The van der Waals surface area contributed by atoms with E-state index in [4.69, 9.17) is 33.2 Å². The number of aromatic nitrogens is 1. The van der Waals surface area contributed by atoms with Crippen LogP contribution in [-0.2, 0) is 0 Å². The summed E-state index contributed by atoms with van der Waals surface area (Å²) in [6.45, 7) is 0. The lowest BCUT2D eigenvalue weighted by atomic mass is 10.3. The van der Waals surface area contributed by atoms with Crippen molar-refractivity contribution in [1.29, 1.82) is 5.26 Å². The molecule has 1 aromatic carbocycles. The highest BCUT2D eigenvalue weighted by Crippen LogP contribution is 2.38. The molecule has 0 aliphatic carbocycles. The Morgan fingerprint density at radius 1 is 1.47 bits per heavy atom. The fourth-order valence-electron chi connectivity index (χ4n) is 1.24. The van der Waals surface area contributed by atoms with Crippen LogP contribution in [0.4, 0.5) is 5.69 Å². The topological polar surface area (TPSA) is 89.0 Å². The number of nitriles is 1. The molecule has 0 amide bonds. The normalized spacial score (nSPS) is 9.95. The van der Waals surface area contributed by atoms with Crippen molar-refractivity contribution in [2.75, 3.05) is 0 Å². The maximum absolute atomic E-state index is 10.9. The predicted octanol–water partition coefficient (Wildman–Crippen LogP) is 4.02. The molecule has 2 aromatic rings. The van der Waals surface area contributed by atoms with Crippen LogP contribution in [0.1, 0.15) is 5.56 Å². The molecular weight excluding hydrogens is 313 g/mol. The van der Waals surface area contributed by atoms with Gasteiger partial charge in [0.2, 0.25) is 10.8 Å². The molecule has 1 aromatic heterocycles. The summed E-state index contributed by atoms with van der Waals surface area (Å²) in [5.41, 5.74) is -0.267. The van der Waals surface area contributed by atoms with Crippen LogP contribution in [0, 0.1) is 21.4 Å². The average Bonchev–Trinajstić information content (AvgIpc) is 2.71. The Labute approximate surface area is 121 Å². The molecule has 9 heteroatoms. The van der Waals surface area contributed by atoms with E-state index < -0.39 is 4.92 Å². The van der Waals surface area contributed by atoms with Gasteiger partial charge >= 0.3 is 5.69 Å². The molecule has 0 unspecified atom stereocenters. The summed E-state index contributed by atoms with van der Waals surface area (Å²) in [5.74, 6) is -0.0359. The summed E-state index contributed by atoms with van der Waals surface area (Å²) in [4.78, 5) is 10.3. The molecule has 0 saturated heterocycles. The molecule has 0 N–H and O–H groups in total. The minimum atomic E-state index is -0.629. The van der Waals surface area contributed by atoms with Gasteiger partial charge in [0.05, 0.1) is 4.92 Å². The lowest BCUT2D eigenvalue weighted by molar-refractivity contribution is -0.385. The first-order valence-corrected chi connectivity index (χ1v) is 6.23. The molecule has 6 nitrogen and oxygen atoms in total. The van der Waals surface area contributed by atoms with Crippen LogP contribution in [0.2, 0.25) is 10.2 Å². The number of halogens is 2. The van der Waals surface area contributed by atoms with E-state index in [1.54, 1.807) is 0 Å². The van der Waals surface area contributed by atoms with Gasteiger partial charge in [-0.15, -0.1) is 0 Å². The first-order valence-electron chi connectivity index (χ1n) is 4.70. The summed E-state index contributed by atoms with van der Waals surface area (Å²) in [6, 6.07) is 5.76. The fraction of sp³-hybridized carbons (Fsp3) is 0. The third-order valence-electron chi connectivity index (χ3n) is 2.05. The van der Waals surface area contributed by atoms with Crippen molar-refractivity contribution >= 4 is 40.4 Å². The summed E-state index contributed by atoms with van der Waals surface area (Å²) >= 11 is 12.2. The Balaban J connectivity index is 2.44. The average molecular weight is 316 g/mol. The number of rotatable bonds is 3. The van der Waals surface area contributed by atoms with Crippen LogP contribution in [0.3, 0.4) is 0 Å². The van der Waals surface area contributed by atoms with E-state index in [-0.39, 0.29) is 32.2 Å². The molecule has 0 spiro atoms. The molecule has 1 heterocycles. The highest BCUT2D eigenvalue weighted by atomic mass is 35.5. The molecule has 0 atom stereocenters. The highest BCUT2D eigenvalue weighted by molar-refractivity contribution is 7.08. The summed E-state index contributed by atoms with van der Waals surface area (Å²) in [7, 11) is 0. The second kappa shape index (κ2) is 5.40. The van der Waals surface area contributed by atoms with Gasteiger partial charge in [-0.05, 0) is 12.1 Å². The smallest absolute Gasteiger partial charge is 0.313 e. The minimum Gasteiger partial charge on any atom is -0.436 e. The third kappa shape index (κ3) is 2.76. The van der Waals surface area contributed by atoms with Gasteiger partial charge in [0.15, 0.2) is 5.15 Å². The van der Waals surface area contributed by atoms with E-state index in [9.17, 15) is 10.1 Å². The fourth-order valence-corrected chi connectivity index (χ4v) is 2.31. The van der Waals surface area contributed by atoms with Crippen molar-refractivity contribution in [3.63, 3.8) is 0 Å². The highest BCUT2D eigenvalue weighted by Gasteiger charge is 2.20. The quantitative estimate of drug-likeness (QED) is 0.630. The van der Waals surface area contributed by atoms with E-state index in [2.05, 4.69) is 4.37 Å². The SMILES string of the molecule is N#Cc1c(Cl)nsc1Oc1ccc(Cl)cc1[N+](=O)[O-]. The number of hydrogen-bond acceptors (Lipinski definition) is 6. The van der Waals surface area contributed by atoms with E-state index in [1.165, 1.54) is 12.1 Å². The van der Waals surface area contributed by atoms with Crippen LogP contribution in [0.5, 0.6) is 10.8 Å². The second-order valence-corrected chi connectivity index (χ2v) is 4.75. The van der Waals surface area contributed by atoms with Crippen molar-refractivity contribution in [1.82, 2.24) is 4.37 Å². The molecule has 0 aliphatic rings. The number of nitro benzene ring substituents is 1. The lowest BCUT2D eigenvalue weighted by Gasteiger charge is -2.04. The van der Waals surface area contributed by atoms with Crippen LogP contribution in [0.25, 0.3) is 0 Å². The summed E-state index contributed by atoms with van der Waals surface area (Å²) in [6.07, 6.45) is 0. The van der Waals surface area contributed by atoms with Crippen LogP contribution in [-0.4, -0.2) is 9.30 Å². The molecule has 0 fully saturated rings. The Morgan fingerprint density at radius 3 is 2.84 bits per heavy atom. The first kappa shape index (κ1) is 13.5. The molecule has 96 valence electrons. The van der Waals surface area contributed by atoms with Crippen LogP contribution >= 0.6 is 34.7 Å². The first-order chi connectivity index (χ1) is 9.02. The van der Waals surface area contributed by atoms with Gasteiger partial charge in [0, 0.05) is 22.6 Å². The van der Waals surface area contributed by atoms with Crippen LogP contribution < -0.4 is 4.74 Å². The van der Waals surface area contributed by atoms with Crippen molar-refractivity contribution in [3.05, 3.63) is 44.1 Å². The Bertz CT molecular complexity index is 696. The van der Waals surface area contributed by atoms with E-state index in [0.29, 0.717) is 0 Å². The number of benzene rings is 1. The van der Waals surface area contributed by atoms with Crippen molar-refractivity contribution < 1.29 is 9.66 Å². The number of nitro groups is 1. The molecule has 0 radical (unpaired) electrons. The molecule has 0 aliphatic heterocycles. The Kier molecular flexibility index (Phi) is 3.85. The van der Waals surface area contributed by atoms with Gasteiger partial charge in [0.25, 0.3) is 0 Å². The van der Waals surface area contributed by atoms with Crippen molar-refractivity contribution in [2.24, 2.45) is 0 Å². The van der Waals surface area contributed by atoms with Crippen molar-refractivity contribution in [3.8, 4) is 16.9 Å². The summed E-state index contributed by atoms with van der Waals surface area (Å²) in [5, 5.41) is 20.1. The number of nitrogens with zero attached hydrogens (tertiary/aromatic N) is 3. The Hall–Kier alpha value is -1.88. The number of hydrogen-bond donors (Lipinski definition) is 0. The predicted molar refractivity (Wildman–Crippen MR) is 70.0 cm³/mol. The molecule has 0 bridgehead atoms. The molecule has 2 rings (SSSR count). The molecule has 19 heavy (non-hydrogen) atoms. The largest absolute Gasteiger partial charge is 0.436 e. The lowest BCUT2D eigenvalue weighted by Crippen LogP contribution is -1.93. The minimum absolute atomic E-state index is 0.000818. The third-order valence-corrected chi connectivity index (χ3v) is 3.39. The van der Waals surface area contributed by atoms with Gasteiger partial charge in [-0.25, -0.2) is 0 Å². The van der Waals surface area contributed by atoms with E-state index >= 15 is 0 Å². The van der Waals surface area contributed by atoms with Crippen molar-refractivity contribution in [2.45, 2.75) is 0 Å². The summed E-state index contributed by atoms with van der Waals surface area (Å²) < 4.78 is 9.06. The van der Waals surface area contributed by atoms with Gasteiger partial charge < -0.3 is 4.74 Å².